The Hall–Kier alpha value is -0.570. The molecular weight excluding hydrogens is 238 g/mol. The molecule has 0 aromatic heterocycles. The van der Waals surface area contributed by atoms with Crippen molar-refractivity contribution in [3.05, 3.63) is 0 Å². The fourth-order valence-corrected chi connectivity index (χ4v) is 4.22. The molecule has 2 fully saturated rings. The minimum Gasteiger partial charge on any atom is -0.465 e. The molecule has 2 atom stereocenters. The molecule has 0 amide bonds. The van der Waals surface area contributed by atoms with Crippen LogP contribution in [0, 0.1) is 11.3 Å². The van der Waals surface area contributed by atoms with E-state index in [4.69, 9.17) is 4.74 Å². The third kappa shape index (κ3) is 2.96. The quantitative estimate of drug-likeness (QED) is 0.794. The molecule has 0 heterocycles. The van der Waals surface area contributed by atoms with Crippen molar-refractivity contribution < 1.29 is 9.53 Å². The van der Waals surface area contributed by atoms with E-state index in [9.17, 15) is 4.79 Å². The smallest absolute Gasteiger partial charge is 0.326 e. The summed E-state index contributed by atoms with van der Waals surface area (Å²) in [6.07, 6.45) is 6.97. The van der Waals surface area contributed by atoms with Crippen LogP contribution in [-0.2, 0) is 9.53 Å². The largest absolute Gasteiger partial charge is 0.465 e. The second kappa shape index (κ2) is 5.43. The molecule has 3 heteroatoms. The van der Waals surface area contributed by atoms with Crippen molar-refractivity contribution in [1.29, 1.82) is 0 Å². The van der Waals surface area contributed by atoms with Crippen LogP contribution in [0.1, 0.15) is 66.2 Å². The van der Waals surface area contributed by atoms with Gasteiger partial charge in [-0.15, -0.1) is 0 Å². The first-order chi connectivity index (χ1) is 8.89. The zero-order valence-corrected chi connectivity index (χ0v) is 12.9. The minimum absolute atomic E-state index is 0.0278. The van der Waals surface area contributed by atoms with Crippen LogP contribution in [0.15, 0.2) is 0 Å². The highest BCUT2D eigenvalue weighted by Crippen LogP contribution is 2.48. The average Bonchev–Trinajstić information content (AvgIpc) is 2.86. The predicted octanol–water partition coefficient (Wildman–Crippen LogP) is 3.28. The van der Waals surface area contributed by atoms with Crippen molar-refractivity contribution in [2.24, 2.45) is 11.3 Å². The van der Waals surface area contributed by atoms with Gasteiger partial charge in [0, 0.05) is 6.04 Å². The van der Waals surface area contributed by atoms with Gasteiger partial charge in [0.05, 0.1) is 6.61 Å². The maximum absolute atomic E-state index is 12.6. The minimum atomic E-state index is -0.450. The van der Waals surface area contributed by atoms with Gasteiger partial charge in [0.1, 0.15) is 5.54 Å². The molecule has 0 saturated heterocycles. The molecule has 1 N–H and O–H groups in total. The summed E-state index contributed by atoms with van der Waals surface area (Å²) < 4.78 is 5.40. The number of nitrogens with one attached hydrogen (secondary N) is 1. The first-order valence-corrected chi connectivity index (χ1v) is 7.84. The SMILES string of the molecule is CCOC(=O)C1(NC2CCCC2)CC(C)(C)CC1C. The van der Waals surface area contributed by atoms with Gasteiger partial charge in [0.15, 0.2) is 0 Å². The highest BCUT2D eigenvalue weighted by molar-refractivity contribution is 5.82. The molecule has 2 aliphatic carbocycles. The monoisotopic (exact) mass is 267 g/mol. The summed E-state index contributed by atoms with van der Waals surface area (Å²) in [6, 6.07) is 0.501. The Bertz CT molecular complexity index is 334. The highest BCUT2D eigenvalue weighted by atomic mass is 16.5. The van der Waals surface area contributed by atoms with Crippen molar-refractivity contribution in [2.75, 3.05) is 6.61 Å². The van der Waals surface area contributed by atoms with E-state index in [2.05, 4.69) is 26.1 Å². The van der Waals surface area contributed by atoms with Crippen molar-refractivity contribution in [3.63, 3.8) is 0 Å². The molecule has 0 bridgehead atoms. The van der Waals surface area contributed by atoms with E-state index in [0.29, 0.717) is 18.6 Å². The molecule has 2 unspecified atom stereocenters. The topological polar surface area (TPSA) is 38.3 Å². The average molecular weight is 267 g/mol. The van der Waals surface area contributed by atoms with Gasteiger partial charge in [-0.05, 0) is 43.9 Å². The fraction of sp³-hybridized carbons (Fsp3) is 0.938. The van der Waals surface area contributed by atoms with Gasteiger partial charge in [0.2, 0.25) is 0 Å². The number of carbonyl (C=O) groups excluding carboxylic acids is 1. The lowest BCUT2D eigenvalue weighted by molar-refractivity contribution is -0.153. The van der Waals surface area contributed by atoms with Crippen LogP contribution in [-0.4, -0.2) is 24.2 Å². The van der Waals surface area contributed by atoms with Crippen LogP contribution in [0.2, 0.25) is 0 Å². The molecule has 0 aromatic carbocycles. The zero-order valence-electron chi connectivity index (χ0n) is 12.9. The standard InChI is InChI=1S/C16H29NO2/c1-5-19-14(18)16(17-13-8-6-7-9-13)11-15(3,4)10-12(16)2/h12-13,17H,5-11H2,1-4H3. The Morgan fingerprint density at radius 2 is 1.95 bits per heavy atom. The second-order valence-electron chi connectivity index (χ2n) is 7.26. The van der Waals surface area contributed by atoms with Gasteiger partial charge >= 0.3 is 5.97 Å². The van der Waals surface area contributed by atoms with Crippen LogP contribution >= 0.6 is 0 Å². The molecule has 0 aliphatic heterocycles. The Morgan fingerprint density at radius 3 is 2.42 bits per heavy atom. The van der Waals surface area contributed by atoms with E-state index >= 15 is 0 Å². The lowest BCUT2D eigenvalue weighted by Gasteiger charge is -2.35. The molecule has 2 aliphatic rings. The third-order valence-corrected chi connectivity index (χ3v) is 4.91. The fourth-order valence-electron chi connectivity index (χ4n) is 4.22. The molecule has 3 nitrogen and oxygen atoms in total. The Balaban J connectivity index is 2.19. The summed E-state index contributed by atoms with van der Waals surface area (Å²) in [5, 5.41) is 3.71. The van der Waals surface area contributed by atoms with Crippen LogP contribution in [0.4, 0.5) is 0 Å². The van der Waals surface area contributed by atoms with E-state index in [1.54, 1.807) is 0 Å². The number of carbonyl (C=O) groups is 1. The number of ether oxygens (including phenoxy) is 1. The summed E-state index contributed by atoms with van der Waals surface area (Å²) in [4.78, 5) is 12.6. The molecule has 110 valence electrons. The summed E-state index contributed by atoms with van der Waals surface area (Å²) >= 11 is 0. The van der Waals surface area contributed by atoms with Gasteiger partial charge in [-0.25, -0.2) is 0 Å². The Kier molecular flexibility index (Phi) is 4.24. The van der Waals surface area contributed by atoms with Crippen molar-refractivity contribution in [1.82, 2.24) is 5.32 Å². The van der Waals surface area contributed by atoms with Crippen molar-refractivity contribution >= 4 is 5.97 Å². The van der Waals surface area contributed by atoms with E-state index in [0.717, 1.165) is 12.8 Å². The summed E-state index contributed by atoms with van der Waals surface area (Å²) in [7, 11) is 0. The molecule has 2 saturated carbocycles. The van der Waals surface area contributed by atoms with Gasteiger partial charge in [-0.1, -0.05) is 33.6 Å². The van der Waals surface area contributed by atoms with Crippen molar-refractivity contribution in [2.45, 2.75) is 77.8 Å². The van der Waals surface area contributed by atoms with Gasteiger partial charge in [-0.2, -0.15) is 0 Å². The molecule has 19 heavy (non-hydrogen) atoms. The van der Waals surface area contributed by atoms with Gasteiger partial charge < -0.3 is 4.74 Å². The van der Waals surface area contributed by atoms with E-state index in [1.807, 2.05) is 6.92 Å². The number of esters is 1. The van der Waals surface area contributed by atoms with Gasteiger partial charge in [0.25, 0.3) is 0 Å². The summed E-state index contributed by atoms with van der Waals surface area (Å²) in [6.45, 7) is 9.10. The molecule has 0 spiro atoms. The first kappa shape index (κ1) is 14.8. The van der Waals surface area contributed by atoms with Gasteiger partial charge in [-0.3, -0.25) is 10.1 Å². The second-order valence-corrected chi connectivity index (χ2v) is 7.26. The lowest BCUT2D eigenvalue weighted by Crippen LogP contribution is -2.58. The van der Waals surface area contributed by atoms with E-state index in [-0.39, 0.29) is 11.4 Å². The molecule has 0 aromatic rings. The zero-order chi connectivity index (χ0) is 14.1. The number of hydrogen-bond donors (Lipinski definition) is 1. The first-order valence-electron chi connectivity index (χ1n) is 7.84. The number of hydrogen-bond acceptors (Lipinski definition) is 3. The third-order valence-electron chi connectivity index (χ3n) is 4.91. The number of rotatable bonds is 4. The maximum Gasteiger partial charge on any atom is 0.326 e. The molecular formula is C16H29NO2. The molecule has 0 radical (unpaired) electrons. The summed E-state index contributed by atoms with van der Waals surface area (Å²) in [5.41, 5.74) is -0.230. The van der Waals surface area contributed by atoms with Crippen LogP contribution < -0.4 is 5.32 Å². The van der Waals surface area contributed by atoms with E-state index in [1.165, 1.54) is 25.7 Å². The Labute approximate surface area is 117 Å². The predicted molar refractivity (Wildman–Crippen MR) is 76.9 cm³/mol. The maximum atomic E-state index is 12.6. The molecule has 2 rings (SSSR count). The van der Waals surface area contributed by atoms with E-state index < -0.39 is 5.54 Å². The Morgan fingerprint density at radius 1 is 1.32 bits per heavy atom. The van der Waals surface area contributed by atoms with Crippen LogP contribution in [0.3, 0.4) is 0 Å². The van der Waals surface area contributed by atoms with Crippen LogP contribution in [0.25, 0.3) is 0 Å². The van der Waals surface area contributed by atoms with Crippen LogP contribution in [0.5, 0.6) is 0 Å². The normalized spacial score (nSPS) is 34.6. The highest BCUT2D eigenvalue weighted by Gasteiger charge is 2.55. The summed E-state index contributed by atoms with van der Waals surface area (Å²) in [5.74, 6) is 0.321. The lowest BCUT2D eigenvalue weighted by atomic mass is 9.85. The van der Waals surface area contributed by atoms with Crippen molar-refractivity contribution in [3.8, 4) is 0 Å².